The van der Waals surface area contributed by atoms with Crippen LogP contribution in [0.5, 0.6) is 0 Å². The number of hydrogen-bond acceptors (Lipinski definition) is 2. The van der Waals surface area contributed by atoms with Crippen LogP contribution in [0.4, 0.5) is 4.79 Å². The number of halogens is 1. The van der Waals surface area contributed by atoms with Crippen molar-refractivity contribution in [2.75, 3.05) is 13.1 Å². The molecular weight excluding hydrogens is 474 g/mol. The van der Waals surface area contributed by atoms with Gasteiger partial charge in [-0.25, -0.2) is 4.79 Å². The number of hydrogen-bond donors (Lipinski definition) is 1. The number of nitrogens with zero attached hydrogens (tertiary/aromatic N) is 2. The van der Waals surface area contributed by atoms with Crippen LogP contribution in [-0.2, 0) is 19.6 Å². The lowest BCUT2D eigenvalue weighted by molar-refractivity contribution is 0.165. The van der Waals surface area contributed by atoms with Crippen LogP contribution in [0.3, 0.4) is 0 Å². The molecule has 1 saturated heterocycles. The molecule has 0 aromatic heterocycles. The summed E-state index contributed by atoms with van der Waals surface area (Å²) in [5.41, 5.74) is 4.83. The minimum atomic E-state index is 0.0173. The van der Waals surface area contributed by atoms with Crippen molar-refractivity contribution in [3.63, 3.8) is 0 Å². The summed E-state index contributed by atoms with van der Waals surface area (Å²) in [4.78, 5) is 17.7. The maximum absolute atomic E-state index is 13.3. The molecule has 1 N–H and O–H groups in total. The van der Waals surface area contributed by atoms with E-state index < -0.39 is 0 Å². The van der Waals surface area contributed by atoms with Gasteiger partial charge in [0.1, 0.15) is 0 Å². The Bertz CT molecular complexity index is 1030. The first kappa shape index (κ1) is 23.5. The summed E-state index contributed by atoms with van der Waals surface area (Å²) in [5.74, 6) is 0. The van der Waals surface area contributed by atoms with E-state index in [0.717, 1.165) is 48.1 Å². The molecule has 0 atom stereocenters. The Morgan fingerprint density at radius 1 is 0.909 bits per heavy atom. The summed E-state index contributed by atoms with van der Waals surface area (Å²) in [6.07, 6.45) is 1.94. The third-order valence-electron chi connectivity index (χ3n) is 6.26. The first-order valence-electron chi connectivity index (χ1n) is 11.7. The minimum Gasteiger partial charge on any atom is -0.335 e. The Morgan fingerprint density at radius 2 is 1.52 bits per heavy atom. The van der Waals surface area contributed by atoms with E-state index in [9.17, 15) is 4.79 Å². The summed E-state index contributed by atoms with van der Waals surface area (Å²) < 4.78 is 1.16. The Hall–Kier alpha value is -2.63. The van der Waals surface area contributed by atoms with Crippen LogP contribution in [0.15, 0.2) is 83.3 Å². The minimum absolute atomic E-state index is 0.0173. The number of likely N-dealkylation sites (tertiary alicyclic amines) is 1. The number of urea groups is 1. The average Bonchev–Trinajstić information content (AvgIpc) is 2.83. The molecule has 0 saturated carbocycles. The van der Waals surface area contributed by atoms with Gasteiger partial charge in [0.05, 0.1) is 0 Å². The number of aryl methyl sites for hydroxylation is 1. The fraction of sp³-hybridized carbons (Fsp3) is 0.321. The number of carbonyl (C=O) groups excluding carboxylic acids is 1. The monoisotopic (exact) mass is 505 g/mol. The predicted molar refractivity (Wildman–Crippen MR) is 138 cm³/mol. The molecule has 33 heavy (non-hydrogen) atoms. The van der Waals surface area contributed by atoms with Crippen LogP contribution in [0.25, 0.3) is 0 Å². The second kappa shape index (κ2) is 11.5. The number of rotatable bonds is 7. The zero-order chi connectivity index (χ0) is 23.0. The second-order valence-electron chi connectivity index (χ2n) is 8.92. The molecule has 3 aromatic rings. The Labute approximate surface area is 205 Å². The smallest absolute Gasteiger partial charge is 0.318 e. The van der Waals surface area contributed by atoms with Gasteiger partial charge in [-0.05, 0) is 42.5 Å². The van der Waals surface area contributed by atoms with Gasteiger partial charge in [-0.2, -0.15) is 0 Å². The average molecular weight is 506 g/mol. The third kappa shape index (κ3) is 6.92. The fourth-order valence-corrected chi connectivity index (χ4v) is 4.70. The lowest BCUT2D eigenvalue weighted by atomic mass is 10.0. The van der Waals surface area contributed by atoms with Gasteiger partial charge in [0, 0.05) is 43.2 Å². The maximum Gasteiger partial charge on any atom is 0.318 e. The number of piperidine rings is 1. The van der Waals surface area contributed by atoms with E-state index in [1.54, 1.807) is 0 Å². The van der Waals surface area contributed by atoms with Gasteiger partial charge < -0.3 is 10.2 Å². The first-order valence-corrected chi connectivity index (χ1v) is 12.5. The number of nitrogens with one attached hydrogen (secondary N) is 1. The van der Waals surface area contributed by atoms with Gasteiger partial charge in [-0.3, -0.25) is 4.90 Å². The zero-order valence-corrected chi connectivity index (χ0v) is 20.8. The molecule has 5 heteroatoms. The van der Waals surface area contributed by atoms with E-state index in [4.69, 9.17) is 0 Å². The van der Waals surface area contributed by atoms with Gasteiger partial charge in [-0.15, -0.1) is 0 Å². The van der Waals surface area contributed by atoms with Crippen LogP contribution in [0, 0.1) is 6.92 Å². The molecule has 1 aliphatic heterocycles. The van der Waals surface area contributed by atoms with Gasteiger partial charge in [0.15, 0.2) is 0 Å². The summed E-state index contributed by atoms with van der Waals surface area (Å²) in [6.45, 7) is 6.20. The van der Waals surface area contributed by atoms with E-state index in [2.05, 4.69) is 87.7 Å². The van der Waals surface area contributed by atoms with E-state index in [0.29, 0.717) is 13.1 Å². The van der Waals surface area contributed by atoms with E-state index >= 15 is 0 Å². The van der Waals surface area contributed by atoms with E-state index in [-0.39, 0.29) is 12.1 Å². The molecule has 0 radical (unpaired) electrons. The highest BCUT2D eigenvalue weighted by Gasteiger charge is 2.23. The van der Waals surface area contributed by atoms with Crippen molar-refractivity contribution in [2.45, 2.75) is 45.4 Å². The van der Waals surface area contributed by atoms with Gasteiger partial charge in [0.25, 0.3) is 0 Å². The molecule has 1 aliphatic rings. The van der Waals surface area contributed by atoms with Crippen LogP contribution < -0.4 is 5.32 Å². The third-order valence-corrected chi connectivity index (χ3v) is 7.04. The summed E-state index contributed by atoms with van der Waals surface area (Å²) in [6, 6.07) is 27.3. The SMILES string of the molecule is Cc1ccc(CN(Cc2ccccc2)C(=O)NC2CCN(Cc3ccccc3Br)CC2)cc1. The lowest BCUT2D eigenvalue weighted by Gasteiger charge is -2.34. The van der Waals surface area contributed by atoms with Gasteiger partial charge >= 0.3 is 6.03 Å². The molecule has 0 unspecified atom stereocenters. The van der Waals surface area contributed by atoms with E-state index in [1.807, 2.05) is 29.2 Å². The topological polar surface area (TPSA) is 35.6 Å². The normalized spacial score (nSPS) is 14.7. The lowest BCUT2D eigenvalue weighted by Crippen LogP contribution is -2.48. The highest BCUT2D eigenvalue weighted by Crippen LogP contribution is 2.21. The predicted octanol–water partition coefficient (Wildman–Crippen LogP) is 6.13. The number of benzene rings is 3. The van der Waals surface area contributed by atoms with Crippen molar-refractivity contribution in [1.29, 1.82) is 0 Å². The van der Waals surface area contributed by atoms with Crippen LogP contribution in [0.1, 0.15) is 35.1 Å². The van der Waals surface area contributed by atoms with Crippen LogP contribution in [0.2, 0.25) is 0 Å². The molecular formula is C28H32BrN3O. The van der Waals surface area contributed by atoms with Crippen molar-refractivity contribution in [2.24, 2.45) is 0 Å². The zero-order valence-electron chi connectivity index (χ0n) is 19.2. The molecule has 1 fully saturated rings. The fourth-order valence-electron chi connectivity index (χ4n) is 4.29. The first-order chi connectivity index (χ1) is 16.1. The Morgan fingerprint density at radius 3 is 2.18 bits per heavy atom. The Balaban J connectivity index is 1.35. The van der Waals surface area contributed by atoms with Crippen molar-refractivity contribution in [1.82, 2.24) is 15.1 Å². The molecule has 0 spiro atoms. The largest absolute Gasteiger partial charge is 0.335 e. The summed E-state index contributed by atoms with van der Waals surface area (Å²) in [5, 5.41) is 3.32. The molecule has 3 aromatic carbocycles. The summed E-state index contributed by atoms with van der Waals surface area (Å²) >= 11 is 3.65. The molecule has 0 bridgehead atoms. The van der Waals surface area contributed by atoms with Gasteiger partial charge in [0.2, 0.25) is 0 Å². The second-order valence-corrected chi connectivity index (χ2v) is 9.77. The van der Waals surface area contributed by atoms with Crippen molar-refractivity contribution < 1.29 is 4.79 Å². The molecule has 1 heterocycles. The number of carbonyl (C=O) groups is 1. The molecule has 4 nitrogen and oxygen atoms in total. The molecule has 0 aliphatic carbocycles. The highest BCUT2D eigenvalue weighted by atomic mass is 79.9. The van der Waals surface area contributed by atoms with Gasteiger partial charge in [-0.1, -0.05) is 94.3 Å². The summed E-state index contributed by atoms with van der Waals surface area (Å²) in [7, 11) is 0. The maximum atomic E-state index is 13.3. The van der Waals surface area contributed by atoms with E-state index in [1.165, 1.54) is 11.1 Å². The quantitative estimate of drug-likeness (QED) is 0.418. The van der Waals surface area contributed by atoms with Crippen molar-refractivity contribution >= 4 is 22.0 Å². The van der Waals surface area contributed by atoms with Crippen LogP contribution in [-0.4, -0.2) is 35.0 Å². The standard InChI is InChI=1S/C28H32BrN3O/c1-22-11-13-24(14-12-22)20-32(19-23-7-3-2-4-8-23)28(33)30-26-15-17-31(18-16-26)21-25-9-5-6-10-27(25)29/h2-14,26H,15-21H2,1H3,(H,30,33). The number of amides is 2. The van der Waals surface area contributed by atoms with Crippen molar-refractivity contribution in [3.05, 3.63) is 106 Å². The molecule has 2 amide bonds. The molecule has 4 rings (SSSR count). The van der Waals surface area contributed by atoms with Crippen molar-refractivity contribution in [3.8, 4) is 0 Å². The molecule has 172 valence electrons. The Kier molecular flexibility index (Phi) is 8.19. The highest BCUT2D eigenvalue weighted by molar-refractivity contribution is 9.10. The van der Waals surface area contributed by atoms with Crippen LogP contribution >= 0.6 is 15.9 Å².